The van der Waals surface area contributed by atoms with Gasteiger partial charge in [0.25, 0.3) is 0 Å². The molecule has 1 aromatic carbocycles. The maximum atomic E-state index is 5.35. The summed E-state index contributed by atoms with van der Waals surface area (Å²) in [4.78, 5) is 4.18. The number of rotatable bonds is 5. The van der Waals surface area contributed by atoms with E-state index >= 15 is 0 Å². The van der Waals surface area contributed by atoms with Crippen molar-refractivity contribution in [3.63, 3.8) is 0 Å². The highest BCUT2D eigenvalue weighted by molar-refractivity contribution is 14.0. The first kappa shape index (κ1) is 18.2. The molecule has 0 saturated heterocycles. The highest BCUT2D eigenvalue weighted by atomic mass is 127. The second kappa shape index (κ2) is 9.14. The number of benzene rings is 1. The molecule has 19 heavy (non-hydrogen) atoms. The molecular formula is C14H24IN3O. The first-order valence-electron chi connectivity index (χ1n) is 6.11. The van der Waals surface area contributed by atoms with Gasteiger partial charge in [-0.3, -0.25) is 4.99 Å². The first-order chi connectivity index (χ1) is 8.57. The van der Waals surface area contributed by atoms with Crippen molar-refractivity contribution in [2.45, 2.75) is 26.0 Å². The van der Waals surface area contributed by atoms with E-state index in [2.05, 4.69) is 27.8 Å². The molecule has 0 unspecified atom stereocenters. The van der Waals surface area contributed by atoms with Crippen molar-refractivity contribution in [1.82, 2.24) is 10.6 Å². The van der Waals surface area contributed by atoms with Crippen LogP contribution in [0.2, 0.25) is 0 Å². The predicted molar refractivity (Wildman–Crippen MR) is 91.1 cm³/mol. The lowest BCUT2D eigenvalue weighted by Crippen LogP contribution is -2.45. The van der Waals surface area contributed by atoms with E-state index in [0.717, 1.165) is 12.5 Å². The second-order valence-electron chi connectivity index (χ2n) is 4.73. The predicted octanol–water partition coefficient (Wildman–Crippen LogP) is 2.39. The topological polar surface area (TPSA) is 45.7 Å². The van der Waals surface area contributed by atoms with E-state index in [1.807, 2.05) is 32.0 Å². The molecule has 0 fully saturated rings. The Bertz CT molecular complexity index is 380. The van der Waals surface area contributed by atoms with Crippen molar-refractivity contribution in [1.29, 1.82) is 0 Å². The van der Waals surface area contributed by atoms with Crippen LogP contribution in [-0.4, -0.2) is 32.3 Å². The van der Waals surface area contributed by atoms with E-state index in [1.54, 1.807) is 14.2 Å². The van der Waals surface area contributed by atoms with E-state index in [0.29, 0.717) is 6.54 Å². The van der Waals surface area contributed by atoms with Gasteiger partial charge in [-0.05, 0) is 19.4 Å². The zero-order valence-corrected chi connectivity index (χ0v) is 14.4. The third kappa shape index (κ3) is 7.37. The van der Waals surface area contributed by atoms with Gasteiger partial charge in [0, 0.05) is 27.2 Å². The average molecular weight is 377 g/mol. The van der Waals surface area contributed by atoms with Crippen LogP contribution in [0.5, 0.6) is 0 Å². The van der Waals surface area contributed by atoms with Crippen molar-refractivity contribution in [3.05, 3.63) is 35.9 Å². The van der Waals surface area contributed by atoms with E-state index in [9.17, 15) is 0 Å². The third-order valence-electron chi connectivity index (χ3n) is 2.76. The Morgan fingerprint density at radius 1 is 1.21 bits per heavy atom. The molecule has 0 saturated carbocycles. The SMILES string of the molecule is CN=C(NCc1ccccc1)NCC(C)(C)OC.I. The standard InChI is InChI=1S/C14H23N3O.HI/c1-14(2,18-4)11-17-13(15-3)16-10-12-8-6-5-7-9-12;/h5-9H,10-11H2,1-4H3,(H2,15,16,17);1H. The summed E-state index contributed by atoms with van der Waals surface area (Å²) < 4.78 is 5.35. The number of ether oxygens (including phenoxy) is 1. The van der Waals surface area contributed by atoms with E-state index in [-0.39, 0.29) is 29.6 Å². The number of nitrogens with one attached hydrogen (secondary N) is 2. The smallest absolute Gasteiger partial charge is 0.191 e. The van der Waals surface area contributed by atoms with Gasteiger partial charge in [0.05, 0.1) is 5.60 Å². The molecule has 0 aliphatic rings. The van der Waals surface area contributed by atoms with Gasteiger partial charge in [-0.25, -0.2) is 0 Å². The second-order valence-corrected chi connectivity index (χ2v) is 4.73. The number of guanidine groups is 1. The molecule has 2 N–H and O–H groups in total. The maximum Gasteiger partial charge on any atom is 0.191 e. The zero-order chi connectivity index (χ0) is 13.4. The molecule has 0 aliphatic heterocycles. The van der Waals surface area contributed by atoms with Gasteiger partial charge in [-0.1, -0.05) is 30.3 Å². The monoisotopic (exact) mass is 377 g/mol. The van der Waals surface area contributed by atoms with Crippen LogP contribution in [0, 0.1) is 0 Å². The Balaban J connectivity index is 0.00000324. The molecule has 1 rings (SSSR count). The highest BCUT2D eigenvalue weighted by Gasteiger charge is 2.16. The molecule has 108 valence electrons. The average Bonchev–Trinajstić information content (AvgIpc) is 2.40. The van der Waals surface area contributed by atoms with Crippen LogP contribution in [0.1, 0.15) is 19.4 Å². The summed E-state index contributed by atoms with van der Waals surface area (Å²) in [5, 5.41) is 6.51. The minimum Gasteiger partial charge on any atom is -0.377 e. The molecule has 0 bridgehead atoms. The van der Waals surface area contributed by atoms with Crippen molar-refractivity contribution in [2.75, 3.05) is 20.7 Å². The van der Waals surface area contributed by atoms with Crippen LogP contribution in [0.15, 0.2) is 35.3 Å². The molecule has 0 atom stereocenters. The maximum absolute atomic E-state index is 5.35. The van der Waals surface area contributed by atoms with Crippen LogP contribution in [0.3, 0.4) is 0 Å². The Morgan fingerprint density at radius 3 is 2.37 bits per heavy atom. The molecule has 1 aromatic rings. The lowest BCUT2D eigenvalue weighted by molar-refractivity contribution is 0.0268. The lowest BCUT2D eigenvalue weighted by Gasteiger charge is -2.24. The van der Waals surface area contributed by atoms with Crippen LogP contribution in [0.25, 0.3) is 0 Å². The Labute approximate surface area is 133 Å². The first-order valence-corrected chi connectivity index (χ1v) is 6.11. The van der Waals surface area contributed by atoms with Crippen molar-refractivity contribution in [2.24, 2.45) is 4.99 Å². The fourth-order valence-corrected chi connectivity index (χ4v) is 1.37. The molecule has 0 aromatic heterocycles. The van der Waals surface area contributed by atoms with Gasteiger partial charge in [0.15, 0.2) is 5.96 Å². The van der Waals surface area contributed by atoms with Gasteiger partial charge in [0.2, 0.25) is 0 Å². The summed E-state index contributed by atoms with van der Waals surface area (Å²) in [7, 11) is 3.47. The fraction of sp³-hybridized carbons (Fsp3) is 0.500. The fourth-order valence-electron chi connectivity index (χ4n) is 1.37. The number of nitrogens with zero attached hydrogens (tertiary/aromatic N) is 1. The lowest BCUT2D eigenvalue weighted by atomic mass is 10.1. The molecule has 0 heterocycles. The van der Waals surface area contributed by atoms with Crippen LogP contribution < -0.4 is 10.6 Å². The van der Waals surface area contributed by atoms with Gasteiger partial charge in [-0.15, -0.1) is 24.0 Å². The summed E-state index contributed by atoms with van der Waals surface area (Å²) in [5.74, 6) is 0.781. The zero-order valence-electron chi connectivity index (χ0n) is 12.1. The summed E-state index contributed by atoms with van der Waals surface area (Å²) >= 11 is 0. The Kier molecular flexibility index (Phi) is 8.75. The quantitative estimate of drug-likeness (QED) is 0.471. The van der Waals surface area contributed by atoms with Crippen molar-refractivity contribution >= 4 is 29.9 Å². The third-order valence-corrected chi connectivity index (χ3v) is 2.76. The number of hydrogen-bond donors (Lipinski definition) is 2. The van der Waals surface area contributed by atoms with E-state index in [1.165, 1.54) is 5.56 Å². The number of hydrogen-bond acceptors (Lipinski definition) is 2. The summed E-state index contributed by atoms with van der Waals surface area (Å²) in [6.07, 6.45) is 0. The molecule has 0 spiro atoms. The normalized spacial score (nSPS) is 11.7. The highest BCUT2D eigenvalue weighted by Crippen LogP contribution is 2.04. The molecular weight excluding hydrogens is 353 g/mol. The van der Waals surface area contributed by atoms with Crippen molar-refractivity contribution in [3.8, 4) is 0 Å². The minimum atomic E-state index is -0.204. The molecule has 0 amide bonds. The van der Waals surface area contributed by atoms with Crippen molar-refractivity contribution < 1.29 is 4.74 Å². The molecule has 4 nitrogen and oxygen atoms in total. The minimum absolute atomic E-state index is 0. The van der Waals surface area contributed by atoms with Gasteiger partial charge < -0.3 is 15.4 Å². The van der Waals surface area contributed by atoms with E-state index < -0.39 is 0 Å². The number of halogens is 1. The van der Waals surface area contributed by atoms with Crippen LogP contribution >= 0.6 is 24.0 Å². The van der Waals surface area contributed by atoms with Crippen LogP contribution in [0.4, 0.5) is 0 Å². The van der Waals surface area contributed by atoms with Gasteiger partial charge in [0.1, 0.15) is 0 Å². The summed E-state index contributed by atoms with van der Waals surface area (Å²) in [5.41, 5.74) is 1.02. The van der Waals surface area contributed by atoms with Gasteiger partial charge >= 0.3 is 0 Å². The summed E-state index contributed by atoms with van der Waals surface area (Å²) in [6, 6.07) is 10.2. The van der Waals surface area contributed by atoms with Crippen LogP contribution in [-0.2, 0) is 11.3 Å². The van der Waals surface area contributed by atoms with Gasteiger partial charge in [-0.2, -0.15) is 0 Å². The molecule has 5 heteroatoms. The molecule has 0 aliphatic carbocycles. The summed E-state index contributed by atoms with van der Waals surface area (Å²) in [6.45, 7) is 5.53. The number of aliphatic imine (C=N–C) groups is 1. The Morgan fingerprint density at radius 2 is 1.84 bits per heavy atom. The molecule has 0 radical (unpaired) electrons. The largest absolute Gasteiger partial charge is 0.377 e. The number of methoxy groups -OCH3 is 1. The van der Waals surface area contributed by atoms with E-state index in [4.69, 9.17) is 4.74 Å². The Hall–Kier alpha value is -0.820.